The molecule has 0 aliphatic heterocycles. The predicted molar refractivity (Wildman–Crippen MR) is 129 cm³/mol. The number of nitrogens with zero attached hydrogens (tertiary/aromatic N) is 7. The van der Waals surface area contributed by atoms with Crippen LogP contribution < -0.4 is 4.90 Å². The third kappa shape index (κ3) is 4.88. The van der Waals surface area contributed by atoms with Crippen LogP contribution in [0.25, 0.3) is 11.1 Å². The van der Waals surface area contributed by atoms with Crippen LogP contribution in [-0.2, 0) is 0 Å². The second-order valence-corrected chi connectivity index (χ2v) is 6.94. The number of para-hydroxylation sites is 1. The Balaban J connectivity index is 2.11. The zero-order chi connectivity index (χ0) is 25.2. The molecule has 7 nitrogen and oxygen atoms in total. The van der Waals surface area contributed by atoms with E-state index in [9.17, 15) is 10.5 Å². The minimum atomic E-state index is -0.258. The number of benzene rings is 3. The summed E-state index contributed by atoms with van der Waals surface area (Å²) >= 11 is 0. The minimum Gasteiger partial charge on any atom is -0.311 e. The van der Waals surface area contributed by atoms with Gasteiger partial charge in [0.1, 0.15) is 47.6 Å². The van der Waals surface area contributed by atoms with E-state index in [1.165, 1.54) is 0 Å². The highest BCUT2D eigenvalue weighted by atomic mass is 15.1. The quantitative estimate of drug-likeness (QED) is 0.449. The molecular weight excluding hydrogens is 434 g/mol. The number of hydrogen-bond donors (Lipinski definition) is 0. The Kier molecular flexibility index (Phi) is 7.37. The van der Waals surface area contributed by atoms with E-state index >= 15 is 0 Å². The summed E-state index contributed by atoms with van der Waals surface area (Å²) in [5, 5.41) is 55.4. The molecule has 0 aliphatic carbocycles. The summed E-state index contributed by atoms with van der Waals surface area (Å²) in [5.74, 6) is 0. The molecule has 0 N–H and O–H groups in total. The summed E-state index contributed by atoms with van der Waals surface area (Å²) in [5.41, 5.74) is 2.70. The van der Waals surface area contributed by atoms with Crippen LogP contribution >= 0.6 is 0 Å². The molecule has 35 heavy (non-hydrogen) atoms. The first-order valence-electron chi connectivity index (χ1n) is 10.1. The van der Waals surface area contributed by atoms with Crippen LogP contribution in [0.5, 0.6) is 0 Å². The van der Waals surface area contributed by atoms with E-state index in [1.807, 2.05) is 47.4 Å². The van der Waals surface area contributed by atoms with Crippen molar-refractivity contribution in [2.24, 2.45) is 0 Å². The summed E-state index contributed by atoms with van der Waals surface area (Å²) in [6.45, 7) is 0. The lowest BCUT2D eigenvalue weighted by Gasteiger charge is -2.25. The average molecular weight is 447 g/mol. The van der Waals surface area contributed by atoms with Crippen molar-refractivity contribution in [2.75, 3.05) is 4.90 Å². The van der Waals surface area contributed by atoms with Gasteiger partial charge in [0.05, 0.1) is 11.1 Å². The molecule has 0 fully saturated rings. The number of rotatable bonds is 5. The highest BCUT2D eigenvalue weighted by Crippen LogP contribution is 2.35. The van der Waals surface area contributed by atoms with E-state index in [2.05, 4.69) is 0 Å². The first-order valence-corrected chi connectivity index (χ1v) is 10.1. The largest absolute Gasteiger partial charge is 0.311 e. The number of anilines is 3. The highest BCUT2D eigenvalue weighted by molar-refractivity contribution is 5.87. The van der Waals surface area contributed by atoms with Gasteiger partial charge in [-0.3, -0.25) is 0 Å². The SMILES string of the molecule is N#CC(C#N)=C(C#N)c1ccc(N(c2ccccc2)c2ccc(C(C#N)=C(C#N)C#N)cc2)cc1. The average Bonchev–Trinajstić information content (AvgIpc) is 2.92. The third-order valence-corrected chi connectivity index (χ3v) is 5.01. The predicted octanol–water partition coefficient (Wildman–Crippen LogP) is 5.81. The fourth-order valence-electron chi connectivity index (χ4n) is 3.38. The van der Waals surface area contributed by atoms with Crippen LogP contribution in [0.2, 0.25) is 0 Å². The summed E-state index contributed by atoms with van der Waals surface area (Å²) in [6, 6.07) is 34.0. The van der Waals surface area contributed by atoms with Crippen molar-refractivity contribution in [3.05, 3.63) is 101 Å². The van der Waals surface area contributed by atoms with Crippen LogP contribution in [0.4, 0.5) is 17.1 Å². The van der Waals surface area contributed by atoms with E-state index in [4.69, 9.17) is 21.0 Å². The maximum absolute atomic E-state index is 9.43. The van der Waals surface area contributed by atoms with Gasteiger partial charge in [-0.2, -0.15) is 31.6 Å². The fourth-order valence-corrected chi connectivity index (χ4v) is 3.38. The molecule has 3 aromatic rings. The molecule has 0 bridgehead atoms. The van der Waals surface area contributed by atoms with Gasteiger partial charge in [-0.15, -0.1) is 0 Å². The van der Waals surface area contributed by atoms with Gasteiger partial charge in [-0.25, -0.2) is 0 Å². The Bertz CT molecular complexity index is 1430. The van der Waals surface area contributed by atoms with E-state index in [0.29, 0.717) is 11.1 Å². The Morgan fingerprint density at radius 2 is 0.771 bits per heavy atom. The van der Waals surface area contributed by atoms with Crippen molar-refractivity contribution in [1.82, 2.24) is 0 Å². The molecule has 0 heterocycles. The summed E-state index contributed by atoms with van der Waals surface area (Å²) in [4.78, 5) is 1.93. The standard InChI is InChI=1S/C28H13N7/c29-14-22(15-30)27(18-33)20-6-10-25(11-7-20)35(24-4-2-1-3-5-24)26-12-8-21(9-13-26)28(19-34)23(16-31)17-32/h1-13H. The van der Waals surface area contributed by atoms with Crippen molar-refractivity contribution in [3.8, 4) is 36.4 Å². The zero-order valence-electron chi connectivity index (χ0n) is 18.1. The minimum absolute atomic E-state index is 0.00114. The first kappa shape index (κ1) is 23.5. The smallest absolute Gasteiger partial charge is 0.148 e. The second kappa shape index (κ2) is 11.0. The van der Waals surface area contributed by atoms with Crippen molar-refractivity contribution in [2.45, 2.75) is 0 Å². The Morgan fingerprint density at radius 3 is 1.09 bits per heavy atom. The molecule has 0 aliphatic rings. The van der Waals surface area contributed by atoms with Gasteiger partial charge in [-0.1, -0.05) is 42.5 Å². The highest BCUT2D eigenvalue weighted by Gasteiger charge is 2.15. The van der Waals surface area contributed by atoms with Gasteiger partial charge < -0.3 is 4.90 Å². The van der Waals surface area contributed by atoms with Crippen molar-refractivity contribution >= 4 is 28.2 Å². The van der Waals surface area contributed by atoms with Crippen LogP contribution in [0.3, 0.4) is 0 Å². The van der Waals surface area contributed by atoms with Gasteiger partial charge >= 0.3 is 0 Å². The lowest BCUT2D eigenvalue weighted by atomic mass is 10.0. The molecule has 0 aromatic heterocycles. The summed E-state index contributed by atoms with van der Waals surface area (Å²) in [7, 11) is 0. The lowest BCUT2D eigenvalue weighted by Crippen LogP contribution is -2.10. The lowest BCUT2D eigenvalue weighted by molar-refractivity contribution is 1.28. The van der Waals surface area contributed by atoms with Gasteiger partial charge in [0.2, 0.25) is 0 Å². The normalized spacial score (nSPS) is 8.97. The molecule has 0 atom stereocenters. The molecule has 0 saturated carbocycles. The van der Waals surface area contributed by atoms with E-state index < -0.39 is 0 Å². The number of allylic oxidation sites excluding steroid dienone is 4. The second-order valence-electron chi connectivity index (χ2n) is 6.94. The molecule has 0 amide bonds. The molecule has 160 valence electrons. The maximum Gasteiger partial charge on any atom is 0.148 e. The summed E-state index contributed by atoms with van der Waals surface area (Å²) < 4.78 is 0. The van der Waals surface area contributed by atoms with E-state index in [-0.39, 0.29) is 22.3 Å². The molecule has 0 radical (unpaired) electrons. The zero-order valence-corrected chi connectivity index (χ0v) is 18.1. The Morgan fingerprint density at radius 1 is 0.429 bits per heavy atom. The van der Waals surface area contributed by atoms with E-state index in [0.717, 1.165) is 17.1 Å². The van der Waals surface area contributed by atoms with Crippen molar-refractivity contribution in [3.63, 3.8) is 0 Å². The van der Waals surface area contributed by atoms with Crippen LogP contribution in [0.15, 0.2) is 90.0 Å². The van der Waals surface area contributed by atoms with Crippen LogP contribution in [0.1, 0.15) is 11.1 Å². The monoisotopic (exact) mass is 447 g/mol. The first-order chi connectivity index (χ1) is 17.1. The Hall–Kier alpha value is -6.12. The molecule has 3 aromatic carbocycles. The van der Waals surface area contributed by atoms with Crippen LogP contribution in [0, 0.1) is 68.0 Å². The van der Waals surface area contributed by atoms with Gasteiger partial charge in [0, 0.05) is 17.1 Å². The van der Waals surface area contributed by atoms with Gasteiger partial charge in [-0.05, 0) is 47.5 Å². The van der Waals surface area contributed by atoms with E-state index in [1.54, 1.807) is 72.8 Å². The fraction of sp³-hybridized carbons (Fsp3) is 0. The third-order valence-electron chi connectivity index (χ3n) is 5.01. The molecular formula is C28H13N7. The van der Waals surface area contributed by atoms with Gasteiger partial charge in [0.25, 0.3) is 0 Å². The topological polar surface area (TPSA) is 146 Å². The number of nitriles is 6. The Labute approximate surface area is 202 Å². The van der Waals surface area contributed by atoms with Crippen molar-refractivity contribution in [1.29, 1.82) is 31.6 Å². The molecule has 0 unspecified atom stereocenters. The molecule has 7 heteroatoms. The van der Waals surface area contributed by atoms with Gasteiger partial charge in [0.15, 0.2) is 0 Å². The molecule has 0 spiro atoms. The number of hydrogen-bond acceptors (Lipinski definition) is 7. The van der Waals surface area contributed by atoms with Crippen LogP contribution in [-0.4, -0.2) is 0 Å². The summed E-state index contributed by atoms with van der Waals surface area (Å²) in [6.07, 6.45) is 0. The molecule has 0 saturated heterocycles. The van der Waals surface area contributed by atoms with Crippen molar-refractivity contribution < 1.29 is 0 Å². The maximum atomic E-state index is 9.43. The molecule has 3 rings (SSSR count).